The molecule has 1 saturated heterocycles. The first-order chi connectivity index (χ1) is 17.3. The van der Waals surface area contributed by atoms with Crippen molar-refractivity contribution in [3.63, 3.8) is 0 Å². The highest BCUT2D eigenvalue weighted by atomic mass is 16.6. The van der Waals surface area contributed by atoms with Crippen molar-refractivity contribution < 1.29 is 23.8 Å². The van der Waals surface area contributed by atoms with E-state index in [4.69, 9.17) is 14.2 Å². The Morgan fingerprint density at radius 3 is 2.58 bits per heavy atom. The maximum Gasteiger partial charge on any atom is 0.257 e. The van der Waals surface area contributed by atoms with Gasteiger partial charge in [-0.15, -0.1) is 0 Å². The fraction of sp³-hybridized carbons (Fsp3) is 0.679. The number of amides is 2. The zero-order valence-electron chi connectivity index (χ0n) is 21.8. The molecule has 1 saturated carbocycles. The Bertz CT molecular complexity index is 984. The van der Waals surface area contributed by atoms with Gasteiger partial charge in [0.25, 0.3) is 5.91 Å². The predicted molar refractivity (Wildman–Crippen MR) is 135 cm³/mol. The van der Waals surface area contributed by atoms with Gasteiger partial charge < -0.3 is 24.0 Å². The number of ether oxygens (including phenoxy) is 3. The summed E-state index contributed by atoms with van der Waals surface area (Å²) in [5.41, 5.74) is 0.526. The Kier molecular flexibility index (Phi) is 8.53. The topological polar surface area (TPSA) is 92.1 Å². The summed E-state index contributed by atoms with van der Waals surface area (Å²) in [5, 5.41) is 9.47. The van der Waals surface area contributed by atoms with Gasteiger partial charge in [0.1, 0.15) is 18.5 Å². The molecule has 3 aliphatic rings. The van der Waals surface area contributed by atoms with Crippen molar-refractivity contribution in [2.24, 2.45) is 5.41 Å². The predicted octanol–water partition coefficient (Wildman–Crippen LogP) is 3.77. The molecule has 0 radical (unpaired) electrons. The number of hydrogen-bond acceptors (Lipinski definition) is 6. The third kappa shape index (κ3) is 6.01. The van der Waals surface area contributed by atoms with Crippen molar-refractivity contribution in [3.8, 4) is 11.8 Å². The van der Waals surface area contributed by atoms with Gasteiger partial charge in [0, 0.05) is 40.7 Å². The monoisotopic (exact) mass is 497 g/mol. The largest absolute Gasteiger partial charge is 0.490 e. The number of carbonyl (C=O) groups excluding carboxylic acids is 2. The average Bonchev–Trinajstić information content (AvgIpc) is 2.89. The van der Waals surface area contributed by atoms with Gasteiger partial charge in [-0.2, -0.15) is 5.26 Å². The van der Waals surface area contributed by atoms with E-state index < -0.39 is 0 Å². The van der Waals surface area contributed by atoms with E-state index in [1.165, 1.54) is 0 Å². The van der Waals surface area contributed by atoms with Crippen molar-refractivity contribution in [2.45, 2.75) is 76.1 Å². The summed E-state index contributed by atoms with van der Waals surface area (Å²) in [6.07, 6.45) is 7.68. The first-order valence-electron chi connectivity index (χ1n) is 13.2. The summed E-state index contributed by atoms with van der Waals surface area (Å²) in [4.78, 5) is 30.6. The molecule has 0 aromatic heterocycles. The molecule has 2 amide bonds. The molecule has 196 valence electrons. The van der Waals surface area contributed by atoms with E-state index in [2.05, 4.69) is 6.07 Å². The van der Waals surface area contributed by atoms with Gasteiger partial charge in [-0.05, 0) is 55.7 Å². The molecule has 2 fully saturated rings. The highest BCUT2D eigenvalue weighted by Gasteiger charge is 2.38. The molecule has 2 heterocycles. The fourth-order valence-corrected chi connectivity index (χ4v) is 6.02. The van der Waals surface area contributed by atoms with E-state index in [0.29, 0.717) is 36.4 Å². The van der Waals surface area contributed by atoms with E-state index in [1.807, 2.05) is 11.9 Å². The first-order valence-corrected chi connectivity index (χ1v) is 13.2. The second-order valence-corrected chi connectivity index (χ2v) is 10.8. The molecule has 0 unspecified atom stereocenters. The fourth-order valence-electron chi connectivity index (χ4n) is 6.02. The van der Waals surface area contributed by atoms with Crippen LogP contribution in [-0.4, -0.2) is 80.8 Å². The van der Waals surface area contributed by atoms with Crippen LogP contribution in [0, 0.1) is 16.7 Å². The van der Waals surface area contributed by atoms with E-state index in [1.54, 1.807) is 37.3 Å². The number of benzene rings is 1. The van der Waals surface area contributed by atoms with Gasteiger partial charge in [-0.3, -0.25) is 9.59 Å². The van der Waals surface area contributed by atoms with Gasteiger partial charge in [0.2, 0.25) is 5.91 Å². The second kappa shape index (κ2) is 11.6. The van der Waals surface area contributed by atoms with E-state index in [0.717, 1.165) is 51.4 Å². The third-order valence-electron chi connectivity index (χ3n) is 8.17. The van der Waals surface area contributed by atoms with Crippen LogP contribution in [0.1, 0.15) is 73.7 Å². The average molecular weight is 498 g/mol. The van der Waals surface area contributed by atoms with Gasteiger partial charge in [0.05, 0.1) is 29.4 Å². The maximum atomic E-state index is 13.7. The van der Waals surface area contributed by atoms with Crippen LogP contribution >= 0.6 is 0 Å². The van der Waals surface area contributed by atoms with Crippen LogP contribution in [0.4, 0.5) is 0 Å². The SMILES string of the molecule is CO[C@@H]1CC[C@@H]2CCN(C)C(=O)CC3(CCCCC3)CN(C)C(=O)c3cc(C#N)ccc3OC[C@@H]1O2. The maximum absolute atomic E-state index is 13.7. The summed E-state index contributed by atoms with van der Waals surface area (Å²) < 4.78 is 18.2. The lowest BCUT2D eigenvalue weighted by atomic mass is 9.71. The van der Waals surface area contributed by atoms with Crippen molar-refractivity contribution >= 4 is 11.8 Å². The van der Waals surface area contributed by atoms with Crippen LogP contribution in [0.15, 0.2) is 18.2 Å². The molecule has 8 heteroatoms. The second-order valence-electron chi connectivity index (χ2n) is 10.8. The van der Waals surface area contributed by atoms with Crippen LogP contribution in [-0.2, 0) is 14.3 Å². The summed E-state index contributed by atoms with van der Waals surface area (Å²) in [7, 11) is 5.33. The van der Waals surface area contributed by atoms with Crippen LogP contribution in [0.3, 0.4) is 0 Å². The Morgan fingerprint density at radius 2 is 1.86 bits per heavy atom. The molecule has 2 bridgehead atoms. The minimum atomic E-state index is -0.288. The van der Waals surface area contributed by atoms with Gasteiger partial charge >= 0.3 is 0 Å². The van der Waals surface area contributed by atoms with Crippen LogP contribution < -0.4 is 4.74 Å². The Hall–Kier alpha value is -2.63. The summed E-state index contributed by atoms with van der Waals surface area (Å²) >= 11 is 0. The summed E-state index contributed by atoms with van der Waals surface area (Å²) in [5.74, 6) is 0.361. The van der Waals surface area contributed by atoms with Crippen LogP contribution in [0.2, 0.25) is 0 Å². The smallest absolute Gasteiger partial charge is 0.257 e. The lowest BCUT2D eigenvalue weighted by Crippen LogP contribution is -2.46. The molecule has 0 N–H and O–H groups in total. The Balaban J connectivity index is 1.67. The lowest BCUT2D eigenvalue weighted by Gasteiger charge is -2.41. The molecule has 4 rings (SSSR count). The normalized spacial score (nSPS) is 27.8. The van der Waals surface area contributed by atoms with Gasteiger partial charge in [-0.1, -0.05) is 19.3 Å². The van der Waals surface area contributed by atoms with E-state index in [9.17, 15) is 14.9 Å². The molecule has 1 aromatic rings. The lowest BCUT2D eigenvalue weighted by molar-refractivity contribution is -0.146. The van der Waals surface area contributed by atoms with Crippen molar-refractivity contribution in [3.05, 3.63) is 29.3 Å². The Labute approximate surface area is 214 Å². The standard InChI is InChI=1S/C28H39N3O5/c1-30-14-11-21-8-10-24(34-3)25(36-21)18-35-23-9-7-20(17-29)15-22(23)27(33)31(2)19-28(16-26(30)32)12-5-4-6-13-28/h7,9,15,21,24-25H,4-6,8,10-14,16,18-19H2,1-3H3/t21-,24-,25+/m1/s1. The number of fused-ring (bicyclic) bond motifs is 3. The van der Waals surface area contributed by atoms with Crippen LogP contribution in [0.25, 0.3) is 0 Å². The number of nitriles is 1. The molecule has 36 heavy (non-hydrogen) atoms. The molecule has 3 atom stereocenters. The molecule has 1 aromatic carbocycles. The minimum absolute atomic E-state index is 0.0185. The first kappa shape index (κ1) is 26.4. The molecule has 2 aliphatic heterocycles. The molecular weight excluding hydrogens is 458 g/mol. The highest BCUT2D eigenvalue weighted by Crippen LogP contribution is 2.41. The van der Waals surface area contributed by atoms with Gasteiger partial charge in [-0.25, -0.2) is 0 Å². The van der Waals surface area contributed by atoms with Crippen molar-refractivity contribution in [1.29, 1.82) is 5.26 Å². The zero-order chi connectivity index (χ0) is 25.7. The Morgan fingerprint density at radius 1 is 1.08 bits per heavy atom. The van der Waals surface area contributed by atoms with Gasteiger partial charge in [0.15, 0.2) is 0 Å². The number of methoxy groups -OCH3 is 1. The quantitative estimate of drug-likeness (QED) is 0.587. The number of rotatable bonds is 1. The number of carbonyl (C=O) groups is 2. The minimum Gasteiger partial charge on any atom is -0.490 e. The molecule has 1 spiro atoms. The molecule has 1 aliphatic carbocycles. The highest BCUT2D eigenvalue weighted by molar-refractivity contribution is 5.97. The summed E-state index contributed by atoms with van der Waals surface area (Å²) in [6, 6.07) is 7.09. The third-order valence-corrected chi connectivity index (χ3v) is 8.17. The molecule has 8 nitrogen and oxygen atoms in total. The van der Waals surface area contributed by atoms with E-state index >= 15 is 0 Å². The summed E-state index contributed by atoms with van der Waals surface area (Å²) in [6.45, 7) is 1.38. The van der Waals surface area contributed by atoms with Crippen molar-refractivity contribution in [2.75, 3.05) is 40.9 Å². The zero-order valence-corrected chi connectivity index (χ0v) is 21.8. The van der Waals surface area contributed by atoms with Crippen molar-refractivity contribution in [1.82, 2.24) is 9.80 Å². The number of nitrogens with zero attached hydrogens (tertiary/aromatic N) is 3. The molecular formula is C28H39N3O5. The van der Waals surface area contributed by atoms with E-state index in [-0.39, 0.29) is 42.1 Å². The number of hydrogen-bond donors (Lipinski definition) is 0. The van der Waals surface area contributed by atoms with Crippen LogP contribution in [0.5, 0.6) is 5.75 Å².